The van der Waals surface area contributed by atoms with Gasteiger partial charge in [0.1, 0.15) is 16.3 Å². The van der Waals surface area contributed by atoms with Crippen LogP contribution in [-0.2, 0) is 50.2 Å². The molecule has 0 aliphatic rings. The summed E-state index contributed by atoms with van der Waals surface area (Å²) in [5, 5.41) is 48.7. The Bertz CT molecular complexity index is 4810. The van der Waals surface area contributed by atoms with Crippen molar-refractivity contribution in [3.63, 3.8) is 0 Å². The summed E-state index contributed by atoms with van der Waals surface area (Å²) in [6, 6.07) is 37.3. The van der Waals surface area contributed by atoms with Gasteiger partial charge < -0.3 is 26.2 Å². The minimum absolute atomic E-state index is 0.0588. The maximum absolute atomic E-state index is 13.4. The normalized spacial score (nSPS) is 12.5. The van der Waals surface area contributed by atoms with Gasteiger partial charge in [-0.15, -0.1) is 15.3 Å². The van der Waals surface area contributed by atoms with Gasteiger partial charge in [0.2, 0.25) is 27.9 Å². The fourth-order valence-electron chi connectivity index (χ4n) is 8.13. The van der Waals surface area contributed by atoms with Crippen molar-refractivity contribution in [3.05, 3.63) is 158 Å². The Kier molecular flexibility index (Phi) is 15.6. The molecule has 0 unspecified atom stereocenters. The van der Waals surface area contributed by atoms with Crippen molar-refractivity contribution >= 4 is 146 Å². The van der Waals surface area contributed by atoms with E-state index in [0.717, 1.165) is 48.9 Å². The molecule has 0 atom stereocenters. The second kappa shape index (κ2) is 22.3. The smallest absolute Gasteiger partial charge is 0.296 e. The minimum Gasteiger partial charge on any atom is -0.505 e. The minimum atomic E-state index is -5.31. The third-order valence-corrected chi connectivity index (χ3v) is 15.8. The fourth-order valence-corrected chi connectivity index (χ4v) is 11.3. The number of aromatic nitrogens is 3. The third-order valence-electron chi connectivity index (χ3n) is 11.6. The Labute approximate surface area is 466 Å². The molecule has 26 nitrogen and oxygen atoms in total. The molecule has 1 heterocycles. The van der Waals surface area contributed by atoms with E-state index in [0.29, 0.717) is 10.8 Å². The molecule has 9 rings (SSSR count). The zero-order valence-electron chi connectivity index (χ0n) is 42.0. The molecule has 8 aromatic carbocycles. The van der Waals surface area contributed by atoms with Crippen LogP contribution >= 0.6 is 0 Å². The average Bonchev–Trinajstić information content (AvgIpc) is 1.59. The van der Waals surface area contributed by atoms with Gasteiger partial charge in [0.15, 0.2) is 21.3 Å². The lowest BCUT2D eigenvalue weighted by molar-refractivity contribution is 0.472. The molecule has 0 aliphatic carbocycles. The summed E-state index contributed by atoms with van der Waals surface area (Å²) in [5.74, 6) is -3.58. The van der Waals surface area contributed by atoms with Crippen molar-refractivity contribution in [2.75, 3.05) is 33.2 Å². The number of hydrogen-bond acceptors (Lipinski definition) is 22. The summed E-state index contributed by atoms with van der Waals surface area (Å²) in [6.07, 6.45) is 1.70. The molecule has 0 bridgehead atoms. The number of nitrogens with one attached hydrogen (secondary N) is 4. The summed E-state index contributed by atoms with van der Waals surface area (Å²) in [7, 11) is -23.8. The summed E-state index contributed by atoms with van der Waals surface area (Å²) < 4.78 is 162. The zero-order chi connectivity index (χ0) is 58.9. The van der Waals surface area contributed by atoms with Crippen molar-refractivity contribution in [3.8, 4) is 11.5 Å². The third kappa shape index (κ3) is 13.3. The Morgan fingerprint density at radius 2 is 0.890 bits per heavy atom. The van der Waals surface area contributed by atoms with Gasteiger partial charge in [-0.25, -0.2) is 16.8 Å². The van der Waals surface area contributed by atoms with Crippen LogP contribution < -0.4 is 20.7 Å². The summed E-state index contributed by atoms with van der Waals surface area (Å²) in [5.41, 5.74) is -1.87. The number of hydrogen-bond donors (Lipinski definition) is 9. The number of rotatable bonds is 16. The summed E-state index contributed by atoms with van der Waals surface area (Å²) >= 11 is 0. The Hall–Kier alpha value is -9.34. The van der Waals surface area contributed by atoms with Crippen molar-refractivity contribution in [1.82, 2.24) is 15.0 Å². The van der Waals surface area contributed by atoms with E-state index >= 15 is 0 Å². The van der Waals surface area contributed by atoms with Crippen molar-refractivity contribution < 1.29 is 66.0 Å². The summed E-state index contributed by atoms with van der Waals surface area (Å²) in [4.78, 5) is 9.69. The highest BCUT2D eigenvalue weighted by Gasteiger charge is 2.28. The number of sulfonamides is 1. The first-order valence-corrected chi connectivity index (χ1v) is 31.3. The van der Waals surface area contributed by atoms with Gasteiger partial charge in [0.05, 0.1) is 49.4 Å². The molecule has 0 saturated heterocycles. The van der Waals surface area contributed by atoms with Crippen LogP contribution in [0.4, 0.5) is 63.3 Å². The number of phenols is 2. The van der Waals surface area contributed by atoms with E-state index in [1.807, 2.05) is 0 Å². The van der Waals surface area contributed by atoms with Crippen LogP contribution in [0.2, 0.25) is 0 Å². The standard InChI is InChI=1S/C51H41N11O15S5/c1-78(65,66)41-24-30-22-35(80(69,70)71)27-39(43(30)47(63)45(41)60-58-32-16-8-6-4-3-5-7-9-17-32)53-50-55-49(52-33-18-13-19-34(26-33)62-79(2,67)68)56-51(57-50)54-40-28-36(81(72,73)74)23-31-25-42(82(75,76)77)46(48(64)44(31)40)61-59-38-21-12-15-29-14-10-11-20-37(29)38/h3-28,62-64H,1-2H3,(H,69,70,71)(H,72,73,74)(H,75,76,77)(H3,52,53,54,55,56,57). The van der Waals surface area contributed by atoms with Gasteiger partial charge in [-0.05, 0) is 89.0 Å². The number of fused-ring (bicyclic) bond motifs is 3. The van der Waals surface area contributed by atoms with Crippen LogP contribution in [0.15, 0.2) is 198 Å². The molecule has 0 fully saturated rings. The highest BCUT2D eigenvalue weighted by atomic mass is 32.2. The van der Waals surface area contributed by atoms with Crippen LogP contribution in [0.5, 0.6) is 11.5 Å². The van der Waals surface area contributed by atoms with Crippen molar-refractivity contribution in [2.24, 2.45) is 20.5 Å². The Balaban J connectivity index is 1.26. The van der Waals surface area contributed by atoms with E-state index in [-0.39, 0.29) is 33.5 Å². The molecule has 31 heteroatoms. The van der Waals surface area contributed by atoms with Crippen molar-refractivity contribution in [2.45, 2.75) is 19.6 Å². The van der Waals surface area contributed by atoms with E-state index in [9.17, 15) is 66.0 Å². The highest BCUT2D eigenvalue weighted by molar-refractivity contribution is 7.92. The number of benzene rings is 7. The van der Waals surface area contributed by atoms with Crippen molar-refractivity contribution in [1.29, 1.82) is 0 Å². The van der Waals surface area contributed by atoms with Gasteiger partial charge in [-0.1, -0.05) is 84.9 Å². The lowest BCUT2D eigenvalue weighted by atomic mass is 10.1. The fraction of sp³-hybridized carbons (Fsp3) is 0.0392. The van der Waals surface area contributed by atoms with E-state index in [4.69, 9.17) is 0 Å². The number of phenolic OH excluding ortho intramolecular Hbond substituents is 2. The van der Waals surface area contributed by atoms with Gasteiger partial charge in [-0.3, -0.25) is 18.4 Å². The van der Waals surface area contributed by atoms with Crippen LogP contribution in [0, 0.1) is 0 Å². The molecule has 0 amide bonds. The number of anilines is 7. The van der Waals surface area contributed by atoms with Gasteiger partial charge in [-0.2, -0.15) is 45.3 Å². The zero-order valence-corrected chi connectivity index (χ0v) is 46.1. The van der Waals surface area contributed by atoms with E-state index in [1.54, 1.807) is 78.9 Å². The Morgan fingerprint density at radius 3 is 1.43 bits per heavy atom. The van der Waals surface area contributed by atoms with Gasteiger partial charge in [0, 0.05) is 28.1 Å². The van der Waals surface area contributed by atoms with Crippen LogP contribution in [0.25, 0.3) is 32.3 Å². The van der Waals surface area contributed by atoms with E-state index in [1.165, 1.54) is 42.5 Å². The maximum atomic E-state index is 13.4. The molecule has 9 N–H and O–H groups in total. The number of aromatic hydroxyl groups is 2. The predicted molar refractivity (Wildman–Crippen MR) is 305 cm³/mol. The lowest BCUT2D eigenvalue weighted by Gasteiger charge is -2.17. The first kappa shape index (κ1) is 57.3. The van der Waals surface area contributed by atoms with E-state index in [2.05, 4.69) is 56.1 Å². The van der Waals surface area contributed by atoms with Crippen LogP contribution in [-0.4, -0.2) is 93.4 Å². The first-order chi connectivity index (χ1) is 38.6. The first-order valence-electron chi connectivity index (χ1n) is 23.2. The molecule has 0 radical (unpaired) electrons. The lowest BCUT2D eigenvalue weighted by Crippen LogP contribution is -2.10. The predicted octanol–water partition coefficient (Wildman–Crippen LogP) is 10.4. The number of nitrogens with zero attached hydrogens (tertiary/aromatic N) is 7. The molecule has 0 aliphatic heterocycles. The topological polar surface area (TPSA) is 408 Å². The molecule has 0 saturated carbocycles. The second-order valence-corrected chi connectivity index (χ2v) is 25.6. The van der Waals surface area contributed by atoms with Gasteiger partial charge in [0.25, 0.3) is 30.4 Å². The molecule has 9 aromatic rings. The Morgan fingerprint density at radius 1 is 0.427 bits per heavy atom. The second-order valence-electron chi connectivity index (χ2n) is 17.6. The molecule has 1 aromatic heterocycles. The molecular weight excluding hydrogens is 1170 g/mol. The highest BCUT2D eigenvalue weighted by Crippen LogP contribution is 2.48. The maximum Gasteiger partial charge on any atom is 0.296 e. The average molecular weight is 1210 g/mol. The largest absolute Gasteiger partial charge is 0.505 e. The monoisotopic (exact) mass is 1210 g/mol. The molecule has 0 spiro atoms. The van der Waals surface area contributed by atoms with Crippen LogP contribution in [0.1, 0.15) is 0 Å². The summed E-state index contributed by atoms with van der Waals surface area (Å²) in [6.45, 7) is 0. The number of azo groups is 2. The van der Waals surface area contributed by atoms with Gasteiger partial charge >= 0.3 is 0 Å². The quantitative estimate of drug-likeness (QED) is 0.0320. The molecule has 420 valence electrons. The number of sulfone groups is 1. The SMILES string of the molecule is CS(=O)(=O)Nc1cccc(Nc2nc(Nc3cc(S(=O)(=O)O)cc4cc(S(C)(=O)=O)c(N=Nc5ccccccccc5)c(O)c34)nc(Nc3cc(S(=O)(=O)O)cc4cc(S(=O)(=O)O)c(N=Nc5cccc6ccccc56)c(O)c34)n2)c1. The van der Waals surface area contributed by atoms with E-state index < -0.39 is 133 Å². The molecule has 82 heavy (non-hydrogen) atoms. The van der Waals surface area contributed by atoms with Crippen LogP contribution in [0.3, 0.4) is 0 Å². The molecular formula is C51H41N11O15S5.